The van der Waals surface area contributed by atoms with Crippen molar-refractivity contribution < 1.29 is 66.4 Å². The van der Waals surface area contributed by atoms with Gasteiger partial charge in [-0.1, -0.05) is 0 Å². The van der Waals surface area contributed by atoms with Gasteiger partial charge in [-0.3, -0.25) is 0 Å². The average Bonchev–Trinajstić information content (AvgIpc) is 1.99. The predicted octanol–water partition coefficient (Wildman–Crippen LogP) is -2.62. The van der Waals surface area contributed by atoms with E-state index in [2.05, 4.69) is 0 Å². The maximum Gasteiger partial charge on any atom is 1.00 e. The first-order valence-corrected chi connectivity index (χ1v) is 3.54. The van der Waals surface area contributed by atoms with Gasteiger partial charge in [0.05, 0.1) is 5.97 Å². The molecule has 13 heavy (non-hydrogen) atoms. The molecule has 0 aromatic heterocycles. The Balaban J connectivity index is 0.00000144. The third-order valence-corrected chi connectivity index (χ3v) is 1.73. The van der Waals surface area contributed by atoms with E-state index in [9.17, 15) is 15.0 Å². The number of carbonyl (C=O) groups excluding carboxylic acids is 1. The topological polar surface area (TPSA) is 60.4 Å². The van der Waals surface area contributed by atoms with E-state index >= 15 is 0 Å². The summed E-state index contributed by atoms with van der Waals surface area (Å²) < 4.78 is 0. The molecule has 0 atom stereocenters. The molecule has 0 saturated heterocycles. The maximum absolute atomic E-state index is 10.4. The van der Waals surface area contributed by atoms with E-state index in [4.69, 9.17) is 0 Å². The quantitative estimate of drug-likeness (QED) is 0.509. The zero-order valence-corrected chi connectivity index (χ0v) is 11.0. The molecule has 1 rings (SSSR count). The van der Waals surface area contributed by atoms with Gasteiger partial charge in [0.2, 0.25) is 0 Å². The fraction of sp³-hybridized carbons (Fsp3) is 0.222. The summed E-state index contributed by atoms with van der Waals surface area (Å²) in [4.78, 5) is 10.4. The zero-order valence-electron chi connectivity index (χ0n) is 7.92. The van der Waals surface area contributed by atoms with Gasteiger partial charge < -0.3 is 15.0 Å². The van der Waals surface area contributed by atoms with Crippen LogP contribution in [-0.2, 0) is 0 Å². The van der Waals surface area contributed by atoms with Crippen molar-refractivity contribution in [3.63, 3.8) is 0 Å². The number of carbonyl (C=O) groups is 1. The summed E-state index contributed by atoms with van der Waals surface area (Å²) in [5.41, 5.74) is 1.20. The second-order valence-electron chi connectivity index (χ2n) is 2.75. The standard InChI is InChI=1S/C9H10O3.K/c1-5-3-7(9(11)12)4-6(2)8(5)10;/h3-4,10H,1-2H3,(H,11,12);/q;+1/p-1. The Bertz CT molecular complexity index is 311. The Morgan fingerprint density at radius 1 is 1.31 bits per heavy atom. The van der Waals surface area contributed by atoms with Crippen molar-refractivity contribution in [2.45, 2.75) is 13.8 Å². The third-order valence-electron chi connectivity index (χ3n) is 1.73. The second-order valence-corrected chi connectivity index (χ2v) is 2.75. The number of aromatic hydroxyl groups is 1. The number of aromatic carboxylic acids is 1. The molecule has 0 radical (unpaired) electrons. The summed E-state index contributed by atoms with van der Waals surface area (Å²) in [5.74, 6) is -1.08. The first-order valence-electron chi connectivity index (χ1n) is 3.54. The van der Waals surface area contributed by atoms with Crippen LogP contribution in [0.1, 0.15) is 21.5 Å². The molecule has 0 bridgehead atoms. The van der Waals surface area contributed by atoms with Crippen molar-refractivity contribution in [1.29, 1.82) is 0 Å². The molecule has 0 unspecified atom stereocenters. The molecule has 64 valence electrons. The van der Waals surface area contributed by atoms with Crippen LogP contribution in [0.5, 0.6) is 5.75 Å². The van der Waals surface area contributed by atoms with E-state index in [-0.39, 0.29) is 62.7 Å². The van der Waals surface area contributed by atoms with Crippen LogP contribution in [0.25, 0.3) is 0 Å². The Morgan fingerprint density at radius 2 is 1.69 bits per heavy atom. The molecule has 0 aliphatic rings. The third kappa shape index (κ3) is 3.07. The van der Waals surface area contributed by atoms with E-state index in [0.29, 0.717) is 11.1 Å². The molecule has 0 aliphatic heterocycles. The van der Waals surface area contributed by atoms with Crippen LogP contribution in [0, 0.1) is 13.8 Å². The molecule has 0 heterocycles. The van der Waals surface area contributed by atoms with E-state index in [1.807, 2.05) is 0 Å². The molecule has 1 N–H and O–H groups in total. The smallest absolute Gasteiger partial charge is 0.545 e. The van der Waals surface area contributed by atoms with Crippen LogP contribution in [0.3, 0.4) is 0 Å². The number of hydrogen-bond acceptors (Lipinski definition) is 3. The van der Waals surface area contributed by atoms with Gasteiger partial charge in [-0.05, 0) is 42.7 Å². The SMILES string of the molecule is Cc1cc(C(=O)[O-])cc(C)c1O.[K+]. The normalized spacial score (nSPS) is 9.08. The van der Waals surface area contributed by atoms with Gasteiger partial charge in [0.15, 0.2) is 0 Å². The Morgan fingerprint density at radius 3 is 2.00 bits per heavy atom. The molecule has 0 aliphatic carbocycles. The number of aryl methyl sites for hydroxylation is 2. The Kier molecular flexibility index (Phi) is 5.17. The average molecular weight is 204 g/mol. The summed E-state index contributed by atoms with van der Waals surface area (Å²) >= 11 is 0. The Labute approximate surface area is 119 Å². The van der Waals surface area contributed by atoms with Crippen LogP contribution >= 0.6 is 0 Å². The van der Waals surface area contributed by atoms with Crippen LogP contribution in [0.2, 0.25) is 0 Å². The summed E-state index contributed by atoms with van der Waals surface area (Å²) in [7, 11) is 0. The summed E-state index contributed by atoms with van der Waals surface area (Å²) in [6.45, 7) is 3.30. The molecule has 1 aromatic rings. The minimum atomic E-state index is -1.22. The number of rotatable bonds is 1. The summed E-state index contributed by atoms with van der Waals surface area (Å²) in [6, 6.07) is 2.77. The number of phenols is 1. The summed E-state index contributed by atoms with van der Waals surface area (Å²) in [5, 5.41) is 19.7. The van der Waals surface area contributed by atoms with Gasteiger partial charge in [-0.2, -0.15) is 0 Å². The zero-order chi connectivity index (χ0) is 9.30. The fourth-order valence-electron chi connectivity index (χ4n) is 1.07. The molecule has 4 heteroatoms. The van der Waals surface area contributed by atoms with E-state index < -0.39 is 5.97 Å². The first-order chi connectivity index (χ1) is 5.52. The number of hydrogen-bond donors (Lipinski definition) is 1. The summed E-state index contributed by atoms with van der Waals surface area (Å²) in [6.07, 6.45) is 0. The van der Waals surface area contributed by atoms with Crippen molar-refractivity contribution in [3.05, 3.63) is 28.8 Å². The monoisotopic (exact) mass is 204 g/mol. The molecule has 3 nitrogen and oxygen atoms in total. The maximum atomic E-state index is 10.4. The first kappa shape index (κ1) is 13.1. The van der Waals surface area contributed by atoms with E-state index in [1.165, 1.54) is 12.1 Å². The van der Waals surface area contributed by atoms with E-state index in [1.54, 1.807) is 13.8 Å². The number of carboxylic acids is 1. The minimum Gasteiger partial charge on any atom is -0.545 e. The van der Waals surface area contributed by atoms with Crippen LogP contribution in [0.4, 0.5) is 0 Å². The van der Waals surface area contributed by atoms with Gasteiger partial charge in [0.25, 0.3) is 0 Å². The number of carboxylic acid groups (broad SMARTS) is 1. The Hall–Kier alpha value is 0.126. The van der Waals surface area contributed by atoms with E-state index in [0.717, 1.165) is 0 Å². The number of benzene rings is 1. The number of phenolic OH excluding ortho intramolecular Hbond substituents is 1. The molecule has 0 saturated carbocycles. The molecular formula is C9H9KO3. The molecular weight excluding hydrogens is 195 g/mol. The molecule has 0 fully saturated rings. The van der Waals surface area contributed by atoms with Crippen molar-refractivity contribution in [2.75, 3.05) is 0 Å². The van der Waals surface area contributed by atoms with Crippen LogP contribution in [-0.4, -0.2) is 11.1 Å². The minimum absolute atomic E-state index is 0. The van der Waals surface area contributed by atoms with Gasteiger partial charge in [-0.15, -0.1) is 0 Å². The largest absolute Gasteiger partial charge is 1.00 e. The molecule has 0 amide bonds. The van der Waals surface area contributed by atoms with Crippen molar-refractivity contribution in [3.8, 4) is 5.75 Å². The molecule has 0 spiro atoms. The van der Waals surface area contributed by atoms with Gasteiger partial charge in [0, 0.05) is 0 Å². The van der Waals surface area contributed by atoms with Gasteiger partial charge >= 0.3 is 51.4 Å². The van der Waals surface area contributed by atoms with Crippen molar-refractivity contribution in [2.24, 2.45) is 0 Å². The molecule has 1 aromatic carbocycles. The fourth-order valence-corrected chi connectivity index (χ4v) is 1.07. The van der Waals surface area contributed by atoms with Crippen LogP contribution < -0.4 is 56.5 Å². The van der Waals surface area contributed by atoms with Gasteiger partial charge in [-0.25, -0.2) is 0 Å². The second kappa shape index (κ2) is 5.12. The predicted molar refractivity (Wildman–Crippen MR) is 41.9 cm³/mol. The van der Waals surface area contributed by atoms with Crippen molar-refractivity contribution >= 4 is 5.97 Å². The van der Waals surface area contributed by atoms with Crippen molar-refractivity contribution in [1.82, 2.24) is 0 Å². The van der Waals surface area contributed by atoms with Gasteiger partial charge in [0.1, 0.15) is 5.75 Å². The van der Waals surface area contributed by atoms with Crippen LogP contribution in [0.15, 0.2) is 12.1 Å².